The summed E-state index contributed by atoms with van der Waals surface area (Å²) in [5.41, 5.74) is 1.69. The molecule has 0 spiro atoms. The first kappa shape index (κ1) is 17.1. The molecule has 0 radical (unpaired) electrons. The lowest BCUT2D eigenvalue weighted by molar-refractivity contribution is 0.00578. The zero-order valence-electron chi connectivity index (χ0n) is 15.7. The molecule has 1 aliphatic carbocycles. The van der Waals surface area contributed by atoms with Crippen molar-refractivity contribution in [3.63, 3.8) is 0 Å². The molecule has 4 rings (SSSR count). The quantitative estimate of drug-likeness (QED) is 0.852. The molecule has 134 valence electrons. The minimum atomic E-state index is -0.318. The third kappa shape index (κ3) is 2.92. The van der Waals surface area contributed by atoms with Gasteiger partial charge in [0, 0.05) is 17.8 Å². The van der Waals surface area contributed by atoms with E-state index >= 15 is 0 Å². The van der Waals surface area contributed by atoms with E-state index < -0.39 is 0 Å². The molecule has 1 aromatic heterocycles. The topological polar surface area (TPSA) is 43.6 Å². The Labute approximate surface area is 150 Å². The van der Waals surface area contributed by atoms with E-state index in [2.05, 4.69) is 62.7 Å². The van der Waals surface area contributed by atoms with Crippen molar-refractivity contribution in [2.75, 3.05) is 0 Å². The number of aliphatic hydroxyl groups excluding tert-OH is 1. The van der Waals surface area contributed by atoms with Crippen molar-refractivity contribution in [1.29, 1.82) is 0 Å². The number of benzene rings is 1. The summed E-state index contributed by atoms with van der Waals surface area (Å²) in [6, 6.07) is 9.16. The number of aromatic nitrogens is 1. The average molecular weight is 341 g/mol. The Hall–Kier alpha value is -1.30. The summed E-state index contributed by atoms with van der Waals surface area (Å²) in [6.45, 7) is 8.33. The van der Waals surface area contributed by atoms with Crippen LogP contribution < -0.4 is 5.46 Å². The highest BCUT2D eigenvalue weighted by Gasteiger charge is 2.51. The van der Waals surface area contributed by atoms with E-state index in [9.17, 15) is 5.11 Å². The normalized spacial score (nSPS) is 28.6. The average Bonchev–Trinajstić information content (AvgIpc) is 3.06. The van der Waals surface area contributed by atoms with E-state index in [1.165, 1.54) is 10.9 Å². The molecule has 2 aliphatic rings. The number of rotatable bonds is 2. The lowest BCUT2D eigenvalue weighted by Crippen LogP contribution is -2.41. The monoisotopic (exact) mass is 341 g/mol. The molecule has 0 bridgehead atoms. The van der Waals surface area contributed by atoms with E-state index in [1.54, 1.807) is 0 Å². The Balaban J connectivity index is 1.60. The summed E-state index contributed by atoms with van der Waals surface area (Å²) < 4.78 is 14.7. The van der Waals surface area contributed by atoms with Crippen LogP contribution in [0.25, 0.3) is 10.9 Å². The molecule has 25 heavy (non-hydrogen) atoms. The molecule has 2 heterocycles. The summed E-state index contributed by atoms with van der Waals surface area (Å²) in [6.07, 6.45) is 5.95. The Bertz CT molecular complexity index is 758. The summed E-state index contributed by atoms with van der Waals surface area (Å²) in [5, 5.41) is 11.0. The number of hydrogen-bond donors (Lipinski definition) is 1. The second-order valence-electron chi connectivity index (χ2n) is 8.59. The molecule has 1 aliphatic heterocycles. The predicted octanol–water partition coefficient (Wildman–Crippen LogP) is 3.42. The maximum atomic E-state index is 9.74. The van der Waals surface area contributed by atoms with Crippen LogP contribution in [0.15, 0.2) is 30.5 Å². The van der Waals surface area contributed by atoms with Crippen LogP contribution in [0.4, 0.5) is 0 Å². The van der Waals surface area contributed by atoms with Crippen LogP contribution in [-0.2, 0) is 9.31 Å². The highest BCUT2D eigenvalue weighted by molar-refractivity contribution is 6.62. The first-order chi connectivity index (χ1) is 11.8. The second-order valence-corrected chi connectivity index (χ2v) is 8.59. The lowest BCUT2D eigenvalue weighted by Gasteiger charge is -2.32. The number of nitrogens with zero attached hydrogens (tertiary/aromatic N) is 1. The van der Waals surface area contributed by atoms with Crippen LogP contribution in [0, 0.1) is 0 Å². The summed E-state index contributed by atoms with van der Waals surface area (Å²) >= 11 is 0. The molecule has 2 aromatic rings. The summed E-state index contributed by atoms with van der Waals surface area (Å²) in [4.78, 5) is 0. The van der Waals surface area contributed by atoms with E-state index in [0.717, 1.165) is 31.1 Å². The van der Waals surface area contributed by atoms with Gasteiger partial charge in [0.15, 0.2) is 0 Å². The zero-order valence-corrected chi connectivity index (χ0v) is 15.7. The third-order valence-electron chi connectivity index (χ3n) is 6.33. The van der Waals surface area contributed by atoms with Gasteiger partial charge < -0.3 is 19.0 Å². The molecular weight excluding hydrogens is 313 g/mol. The smallest absolute Gasteiger partial charge is 0.399 e. The van der Waals surface area contributed by atoms with Crippen LogP contribution >= 0.6 is 0 Å². The fourth-order valence-corrected chi connectivity index (χ4v) is 3.96. The fraction of sp³-hybridized carbons (Fsp3) is 0.600. The SMILES string of the molecule is CC1(C)OB(c2ccc3c(ccn3C3CCC(O)CC3)c2)OC1(C)C. The van der Waals surface area contributed by atoms with E-state index in [-0.39, 0.29) is 24.4 Å². The first-order valence-corrected chi connectivity index (χ1v) is 9.41. The number of fused-ring (bicyclic) bond motifs is 1. The van der Waals surface area contributed by atoms with Crippen LogP contribution in [-0.4, -0.2) is 34.1 Å². The molecule has 1 saturated carbocycles. The third-order valence-corrected chi connectivity index (χ3v) is 6.33. The van der Waals surface area contributed by atoms with Gasteiger partial charge in [0.05, 0.1) is 17.3 Å². The standard InChI is InChI=1S/C20H28BNO3/c1-19(2)20(3,4)25-21(24-19)15-5-10-18-14(13-15)11-12-22(18)16-6-8-17(23)9-7-16/h5,10-13,16-17,23H,6-9H2,1-4H3. The molecule has 1 saturated heterocycles. The molecule has 0 amide bonds. The van der Waals surface area contributed by atoms with Gasteiger partial charge in [-0.2, -0.15) is 0 Å². The maximum absolute atomic E-state index is 9.74. The van der Waals surface area contributed by atoms with Gasteiger partial charge in [0.1, 0.15) is 0 Å². The largest absolute Gasteiger partial charge is 0.494 e. The van der Waals surface area contributed by atoms with Crippen molar-refractivity contribution in [2.45, 2.75) is 76.7 Å². The highest BCUT2D eigenvalue weighted by atomic mass is 16.7. The van der Waals surface area contributed by atoms with Gasteiger partial charge in [-0.25, -0.2) is 0 Å². The van der Waals surface area contributed by atoms with Crippen molar-refractivity contribution in [3.05, 3.63) is 30.5 Å². The van der Waals surface area contributed by atoms with Crippen LogP contribution in [0.5, 0.6) is 0 Å². The van der Waals surface area contributed by atoms with Crippen molar-refractivity contribution < 1.29 is 14.4 Å². The highest BCUT2D eigenvalue weighted by Crippen LogP contribution is 2.37. The molecular formula is C20H28BNO3. The Morgan fingerprint density at radius 2 is 1.64 bits per heavy atom. The first-order valence-electron chi connectivity index (χ1n) is 9.41. The Morgan fingerprint density at radius 1 is 1.00 bits per heavy atom. The molecule has 1 N–H and O–H groups in total. The Kier molecular flexibility index (Phi) is 4.02. The Morgan fingerprint density at radius 3 is 2.28 bits per heavy atom. The van der Waals surface area contributed by atoms with E-state index in [0.29, 0.717) is 6.04 Å². The van der Waals surface area contributed by atoms with Crippen molar-refractivity contribution in [1.82, 2.24) is 4.57 Å². The summed E-state index contributed by atoms with van der Waals surface area (Å²) in [5.74, 6) is 0. The predicted molar refractivity (Wildman–Crippen MR) is 101 cm³/mol. The van der Waals surface area contributed by atoms with Crippen LogP contribution in [0.3, 0.4) is 0 Å². The van der Waals surface area contributed by atoms with Crippen molar-refractivity contribution in [2.24, 2.45) is 0 Å². The van der Waals surface area contributed by atoms with Crippen molar-refractivity contribution >= 4 is 23.5 Å². The van der Waals surface area contributed by atoms with E-state index in [4.69, 9.17) is 9.31 Å². The molecule has 0 unspecified atom stereocenters. The maximum Gasteiger partial charge on any atom is 0.494 e. The number of aliphatic hydroxyl groups is 1. The van der Waals surface area contributed by atoms with E-state index in [1.807, 2.05) is 0 Å². The van der Waals surface area contributed by atoms with Gasteiger partial charge in [-0.1, -0.05) is 12.1 Å². The minimum absolute atomic E-state index is 0.118. The van der Waals surface area contributed by atoms with Crippen molar-refractivity contribution in [3.8, 4) is 0 Å². The summed E-state index contributed by atoms with van der Waals surface area (Å²) in [7, 11) is -0.317. The molecule has 0 atom stereocenters. The molecule has 5 heteroatoms. The fourth-order valence-electron chi connectivity index (χ4n) is 3.96. The zero-order chi connectivity index (χ0) is 17.8. The molecule has 2 fully saturated rings. The van der Waals surface area contributed by atoms with Crippen LogP contribution in [0.1, 0.15) is 59.4 Å². The minimum Gasteiger partial charge on any atom is -0.399 e. The van der Waals surface area contributed by atoms with Gasteiger partial charge in [-0.3, -0.25) is 0 Å². The van der Waals surface area contributed by atoms with Gasteiger partial charge in [-0.05, 0) is 76.4 Å². The molecule has 4 nitrogen and oxygen atoms in total. The number of hydrogen-bond acceptors (Lipinski definition) is 3. The molecule has 1 aromatic carbocycles. The van der Waals surface area contributed by atoms with Gasteiger partial charge in [0.25, 0.3) is 0 Å². The second kappa shape index (κ2) is 5.87. The van der Waals surface area contributed by atoms with Gasteiger partial charge in [0.2, 0.25) is 0 Å². The van der Waals surface area contributed by atoms with Gasteiger partial charge >= 0.3 is 7.12 Å². The van der Waals surface area contributed by atoms with Gasteiger partial charge in [-0.15, -0.1) is 0 Å². The van der Waals surface area contributed by atoms with Crippen LogP contribution in [0.2, 0.25) is 0 Å². The lowest BCUT2D eigenvalue weighted by atomic mass is 9.78.